The molecule has 1 unspecified atom stereocenters. The molecular formula is C24H22Cl2N2O5S. The second-order valence-corrected chi connectivity index (χ2v) is 10.4. The maximum absolute atomic E-state index is 12.7. The van der Waals surface area contributed by atoms with E-state index in [1.54, 1.807) is 62.4 Å². The summed E-state index contributed by atoms with van der Waals surface area (Å²) in [4.78, 5) is 23.7. The van der Waals surface area contributed by atoms with E-state index >= 15 is 0 Å². The fourth-order valence-electron chi connectivity index (χ4n) is 3.17. The third kappa shape index (κ3) is 6.08. The lowest BCUT2D eigenvalue weighted by molar-refractivity contribution is -0.140. The van der Waals surface area contributed by atoms with Crippen LogP contribution in [0, 0.1) is 5.92 Å². The summed E-state index contributed by atoms with van der Waals surface area (Å²) in [5, 5.41) is 12.2. The number of carbonyl (C=O) groups excluding carboxylic acids is 1. The van der Waals surface area contributed by atoms with Crippen molar-refractivity contribution in [3.05, 3.63) is 82.3 Å². The average Bonchev–Trinajstić information content (AvgIpc) is 2.78. The van der Waals surface area contributed by atoms with Gasteiger partial charge in [0.05, 0.1) is 14.9 Å². The molecule has 0 radical (unpaired) electrons. The molecule has 3 N–H and O–H groups in total. The summed E-state index contributed by atoms with van der Waals surface area (Å²) in [6.45, 7) is 3.43. The van der Waals surface area contributed by atoms with Gasteiger partial charge in [-0.25, -0.2) is 13.2 Å². The molecule has 0 saturated carbocycles. The van der Waals surface area contributed by atoms with Crippen LogP contribution in [-0.4, -0.2) is 31.4 Å². The molecule has 7 nitrogen and oxygen atoms in total. The van der Waals surface area contributed by atoms with Crippen molar-refractivity contribution in [3.63, 3.8) is 0 Å². The number of sulfonamides is 1. The molecule has 1 atom stereocenters. The molecule has 10 heteroatoms. The largest absolute Gasteiger partial charge is 0.480 e. The normalized spacial score (nSPS) is 12.3. The van der Waals surface area contributed by atoms with E-state index in [0.29, 0.717) is 16.8 Å². The highest BCUT2D eigenvalue weighted by Crippen LogP contribution is 2.28. The van der Waals surface area contributed by atoms with Crippen molar-refractivity contribution in [1.82, 2.24) is 5.32 Å². The maximum atomic E-state index is 12.7. The number of hydrogen-bond acceptors (Lipinski definition) is 4. The average molecular weight is 521 g/mol. The minimum absolute atomic E-state index is 0.0243. The number of carboxylic acid groups (broad SMARTS) is 1. The number of anilines is 1. The monoisotopic (exact) mass is 520 g/mol. The number of benzene rings is 3. The van der Waals surface area contributed by atoms with Crippen LogP contribution in [0.1, 0.15) is 24.2 Å². The van der Waals surface area contributed by atoms with Gasteiger partial charge in [-0.2, -0.15) is 0 Å². The van der Waals surface area contributed by atoms with E-state index in [2.05, 4.69) is 10.0 Å². The minimum atomic E-state index is -3.89. The molecular weight excluding hydrogens is 499 g/mol. The quantitative estimate of drug-likeness (QED) is 0.373. The molecule has 0 aromatic heterocycles. The molecule has 3 aromatic carbocycles. The number of hydrogen-bond donors (Lipinski definition) is 3. The fourth-order valence-corrected chi connectivity index (χ4v) is 4.61. The molecule has 3 aromatic rings. The second-order valence-electron chi connectivity index (χ2n) is 7.87. The van der Waals surface area contributed by atoms with Gasteiger partial charge in [0.2, 0.25) is 0 Å². The third-order valence-corrected chi connectivity index (χ3v) is 7.13. The fraction of sp³-hybridized carbons (Fsp3) is 0.167. The van der Waals surface area contributed by atoms with Crippen LogP contribution in [-0.2, 0) is 14.8 Å². The molecule has 0 heterocycles. The Labute approximate surface area is 207 Å². The van der Waals surface area contributed by atoms with E-state index in [9.17, 15) is 23.1 Å². The van der Waals surface area contributed by atoms with Gasteiger partial charge in [-0.15, -0.1) is 0 Å². The van der Waals surface area contributed by atoms with Crippen molar-refractivity contribution in [2.45, 2.75) is 24.8 Å². The van der Waals surface area contributed by atoms with Gasteiger partial charge in [0, 0.05) is 11.3 Å². The van der Waals surface area contributed by atoms with Gasteiger partial charge in [0.25, 0.3) is 15.9 Å². The van der Waals surface area contributed by atoms with Crippen LogP contribution in [0.15, 0.2) is 71.6 Å². The van der Waals surface area contributed by atoms with E-state index in [4.69, 9.17) is 23.2 Å². The van der Waals surface area contributed by atoms with Gasteiger partial charge in [-0.1, -0.05) is 61.3 Å². The SMILES string of the molecule is CC(C)C(NC(=O)c1ccc(-c2cccc(NS(=O)(=O)c3ccc(Cl)c(Cl)c3)c2)cc1)C(=O)O. The number of halogens is 2. The Morgan fingerprint density at radius 2 is 1.56 bits per heavy atom. The summed E-state index contributed by atoms with van der Waals surface area (Å²) in [6, 6.07) is 16.4. The first-order valence-corrected chi connectivity index (χ1v) is 12.4. The number of carboxylic acids is 1. The zero-order valence-electron chi connectivity index (χ0n) is 18.2. The lowest BCUT2D eigenvalue weighted by Crippen LogP contribution is -2.44. The van der Waals surface area contributed by atoms with Crippen molar-refractivity contribution in [2.75, 3.05) is 4.72 Å². The molecule has 3 rings (SSSR count). The summed E-state index contributed by atoms with van der Waals surface area (Å²) in [5.41, 5.74) is 2.11. The maximum Gasteiger partial charge on any atom is 0.326 e. The van der Waals surface area contributed by atoms with Crippen molar-refractivity contribution in [2.24, 2.45) is 5.92 Å². The van der Waals surface area contributed by atoms with Gasteiger partial charge < -0.3 is 10.4 Å². The summed E-state index contributed by atoms with van der Waals surface area (Å²) in [5.74, 6) is -1.85. The van der Waals surface area contributed by atoms with Gasteiger partial charge in [-0.05, 0) is 59.5 Å². The predicted octanol–water partition coefficient (Wildman–Crippen LogP) is 5.30. The van der Waals surface area contributed by atoms with Crippen LogP contribution in [0.2, 0.25) is 10.0 Å². The van der Waals surface area contributed by atoms with Crippen LogP contribution in [0.5, 0.6) is 0 Å². The first-order chi connectivity index (χ1) is 16.0. The Morgan fingerprint density at radius 3 is 2.15 bits per heavy atom. The van der Waals surface area contributed by atoms with Gasteiger partial charge in [0.1, 0.15) is 6.04 Å². The van der Waals surface area contributed by atoms with Gasteiger partial charge in [-0.3, -0.25) is 9.52 Å². The predicted molar refractivity (Wildman–Crippen MR) is 133 cm³/mol. The Kier molecular flexibility index (Phi) is 7.86. The molecule has 0 fully saturated rings. The molecule has 0 spiro atoms. The first-order valence-electron chi connectivity index (χ1n) is 10.2. The number of aliphatic carboxylic acids is 1. The van der Waals surface area contributed by atoms with E-state index in [-0.39, 0.29) is 20.9 Å². The topological polar surface area (TPSA) is 113 Å². The Bertz CT molecular complexity index is 1330. The zero-order chi connectivity index (χ0) is 25.0. The van der Waals surface area contributed by atoms with E-state index in [0.717, 1.165) is 5.56 Å². The summed E-state index contributed by atoms with van der Waals surface area (Å²) in [7, 11) is -3.89. The lowest BCUT2D eigenvalue weighted by Gasteiger charge is -2.18. The molecule has 0 bridgehead atoms. The van der Waals surface area contributed by atoms with Crippen molar-refractivity contribution in [1.29, 1.82) is 0 Å². The van der Waals surface area contributed by atoms with Crippen LogP contribution >= 0.6 is 23.2 Å². The highest BCUT2D eigenvalue weighted by atomic mass is 35.5. The highest BCUT2D eigenvalue weighted by molar-refractivity contribution is 7.92. The third-order valence-electron chi connectivity index (χ3n) is 5.02. The molecule has 0 aliphatic heterocycles. The molecule has 0 aliphatic carbocycles. The van der Waals surface area contributed by atoms with Crippen LogP contribution in [0.3, 0.4) is 0 Å². The molecule has 0 aliphatic rings. The highest BCUT2D eigenvalue weighted by Gasteiger charge is 2.24. The molecule has 178 valence electrons. The van der Waals surface area contributed by atoms with Gasteiger partial charge >= 0.3 is 5.97 Å². The van der Waals surface area contributed by atoms with Crippen molar-refractivity contribution < 1.29 is 23.1 Å². The summed E-state index contributed by atoms with van der Waals surface area (Å²) in [6.07, 6.45) is 0. The Hall–Kier alpha value is -3.07. The van der Waals surface area contributed by atoms with Crippen LogP contribution in [0.4, 0.5) is 5.69 Å². The van der Waals surface area contributed by atoms with Crippen LogP contribution in [0.25, 0.3) is 11.1 Å². The van der Waals surface area contributed by atoms with Crippen molar-refractivity contribution >= 4 is 50.8 Å². The summed E-state index contributed by atoms with van der Waals surface area (Å²) < 4.78 is 27.9. The smallest absolute Gasteiger partial charge is 0.326 e. The number of nitrogens with one attached hydrogen (secondary N) is 2. The molecule has 1 amide bonds. The number of carbonyl (C=O) groups is 2. The molecule has 0 saturated heterocycles. The number of rotatable bonds is 8. The van der Waals surface area contributed by atoms with Gasteiger partial charge in [0.15, 0.2) is 0 Å². The Morgan fingerprint density at radius 1 is 0.882 bits per heavy atom. The molecule has 34 heavy (non-hydrogen) atoms. The second kappa shape index (κ2) is 10.5. The van der Waals surface area contributed by atoms with E-state index < -0.39 is 27.9 Å². The standard InChI is InChI=1S/C24H22Cl2N2O5S/c1-14(2)22(24(30)31)27-23(29)16-8-6-15(7-9-16)17-4-3-5-18(12-17)28-34(32,33)19-10-11-20(25)21(26)13-19/h3-14,22,28H,1-2H3,(H,27,29)(H,30,31). The van der Waals surface area contributed by atoms with E-state index in [1.165, 1.54) is 18.2 Å². The van der Waals surface area contributed by atoms with Crippen LogP contribution < -0.4 is 10.0 Å². The lowest BCUT2D eigenvalue weighted by atomic mass is 10.0. The zero-order valence-corrected chi connectivity index (χ0v) is 20.6. The van der Waals surface area contributed by atoms with E-state index in [1.807, 2.05) is 0 Å². The summed E-state index contributed by atoms with van der Waals surface area (Å²) >= 11 is 11.8. The minimum Gasteiger partial charge on any atom is -0.480 e. The van der Waals surface area contributed by atoms with Crippen molar-refractivity contribution in [3.8, 4) is 11.1 Å². The Balaban J connectivity index is 1.78. The first kappa shape index (κ1) is 25.6. The number of amides is 1.